The topological polar surface area (TPSA) is 64.6 Å². The highest BCUT2D eigenvalue weighted by atomic mass is 35.5. The molecule has 0 unspecified atom stereocenters. The van der Waals surface area contributed by atoms with Gasteiger partial charge in [0.1, 0.15) is 0 Å². The number of halogens is 4. The van der Waals surface area contributed by atoms with Gasteiger partial charge in [-0.25, -0.2) is 4.79 Å². The van der Waals surface area contributed by atoms with Gasteiger partial charge in [-0.3, -0.25) is 4.79 Å². The van der Waals surface area contributed by atoms with E-state index in [1.807, 2.05) is 0 Å². The molecular weight excluding hydrogens is 375 g/mol. The summed E-state index contributed by atoms with van der Waals surface area (Å²) in [5, 5.41) is 2.15. The predicted octanol–water partition coefficient (Wildman–Crippen LogP) is 3.21. The summed E-state index contributed by atoms with van der Waals surface area (Å²) in [6.07, 6.45) is -0.718. The first-order valence-electron chi connectivity index (χ1n) is 7.85. The fourth-order valence-electron chi connectivity index (χ4n) is 2.30. The lowest BCUT2D eigenvalue weighted by molar-refractivity contribution is -0.143. The van der Waals surface area contributed by atoms with E-state index in [0.29, 0.717) is 13.2 Å². The van der Waals surface area contributed by atoms with Crippen LogP contribution in [0.3, 0.4) is 0 Å². The number of benzene rings is 1. The molecule has 1 aliphatic heterocycles. The van der Waals surface area contributed by atoms with Gasteiger partial charge < -0.3 is 14.8 Å². The van der Waals surface area contributed by atoms with Crippen LogP contribution in [0.2, 0.25) is 5.02 Å². The van der Waals surface area contributed by atoms with Gasteiger partial charge >= 0.3 is 12.1 Å². The third kappa shape index (κ3) is 6.34. The number of carbonyl (C=O) groups excluding carboxylic acids is 2. The van der Waals surface area contributed by atoms with E-state index in [-0.39, 0.29) is 11.7 Å². The highest BCUT2D eigenvalue weighted by Crippen LogP contribution is 2.35. The first-order valence-corrected chi connectivity index (χ1v) is 8.23. The van der Waals surface area contributed by atoms with Crippen molar-refractivity contribution < 1.29 is 32.2 Å². The summed E-state index contributed by atoms with van der Waals surface area (Å²) >= 11 is 5.52. The molecule has 0 aliphatic carbocycles. The van der Waals surface area contributed by atoms with Gasteiger partial charge in [0, 0.05) is 19.2 Å². The summed E-state index contributed by atoms with van der Waals surface area (Å²) in [6.45, 7) is 0.530. The van der Waals surface area contributed by atoms with Gasteiger partial charge in [0.25, 0.3) is 5.91 Å². The number of alkyl halides is 3. The summed E-state index contributed by atoms with van der Waals surface area (Å²) in [6, 6.07) is 3.24. The third-order valence-electron chi connectivity index (χ3n) is 3.60. The van der Waals surface area contributed by atoms with Crippen molar-refractivity contribution in [3.8, 4) is 0 Å². The van der Waals surface area contributed by atoms with Crippen molar-refractivity contribution in [1.29, 1.82) is 0 Å². The van der Waals surface area contributed by atoms with E-state index in [2.05, 4.69) is 5.32 Å². The maximum Gasteiger partial charge on any atom is 0.417 e. The van der Waals surface area contributed by atoms with Crippen molar-refractivity contribution in [1.82, 2.24) is 5.32 Å². The van der Waals surface area contributed by atoms with E-state index in [1.165, 1.54) is 6.07 Å². The monoisotopic (exact) mass is 391 g/mol. The molecule has 1 atom stereocenters. The van der Waals surface area contributed by atoms with Gasteiger partial charge in [-0.1, -0.05) is 17.7 Å². The minimum Gasteiger partial charge on any atom is -0.452 e. The molecule has 1 aromatic rings. The van der Waals surface area contributed by atoms with Crippen LogP contribution < -0.4 is 5.32 Å². The molecule has 26 heavy (non-hydrogen) atoms. The minimum absolute atomic E-state index is 0.0257. The second-order valence-electron chi connectivity index (χ2n) is 5.62. The highest BCUT2D eigenvalue weighted by Gasteiger charge is 2.33. The fraction of sp³-hybridized carbons (Fsp3) is 0.412. The molecule has 1 heterocycles. The number of esters is 1. The van der Waals surface area contributed by atoms with E-state index in [1.54, 1.807) is 0 Å². The Hall–Kier alpha value is -2.06. The maximum absolute atomic E-state index is 12.8. The normalized spacial score (nSPS) is 17.5. The Labute approximate surface area is 153 Å². The summed E-state index contributed by atoms with van der Waals surface area (Å²) < 4.78 is 48.4. The number of carbonyl (C=O) groups is 2. The third-order valence-corrected chi connectivity index (χ3v) is 3.93. The number of hydrogen-bond acceptors (Lipinski definition) is 4. The molecule has 1 aromatic carbocycles. The Morgan fingerprint density at radius 2 is 2.15 bits per heavy atom. The van der Waals surface area contributed by atoms with Gasteiger partial charge in [0.05, 0.1) is 16.7 Å². The first kappa shape index (κ1) is 20.3. The van der Waals surface area contributed by atoms with Crippen LogP contribution >= 0.6 is 11.6 Å². The van der Waals surface area contributed by atoms with Crippen LogP contribution in [0, 0.1) is 0 Å². The summed E-state index contributed by atoms with van der Waals surface area (Å²) in [7, 11) is 0. The van der Waals surface area contributed by atoms with Crippen LogP contribution in [0.4, 0.5) is 13.2 Å². The van der Waals surface area contributed by atoms with Gasteiger partial charge in [-0.05, 0) is 36.6 Å². The van der Waals surface area contributed by atoms with Gasteiger partial charge in [0.15, 0.2) is 6.61 Å². The van der Waals surface area contributed by atoms with Crippen molar-refractivity contribution in [2.45, 2.75) is 25.1 Å². The van der Waals surface area contributed by atoms with Gasteiger partial charge in [-0.2, -0.15) is 13.2 Å². The van der Waals surface area contributed by atoms with Crippen molar-refractivity contribution in [2.75, 3.05) is 19.8 Å². The molecule has 1 aliphatic rings. The first-order chi connectivity index (χ1) is 12.3. The Kier molecular flexibility index (Phi) is 7.05. The summed E-state index contributed by atoms with van der Waals surface area (Å²) in [4.78, 5) is 23.1. The van der Waals surface area contributed by atoms with Crippen LogP contribution in [-0.4, -0.2) is 37.7 Å². The molecule has 0 spiro atoms. The lowest BCUT2D eigenvalue weighted by atomic mass is 10.1. The number of nitrogens with one attached hydrogen (secondary N) is 1. The molecule has 1 fully saturated rings. The predicted molar refractivity (Wildman–Crippen MR) is 88.4 cm³/mol. The molecule has 0 bridgehead atoms. The smallest absolute Gasteiger partial charge is 0.417 e. The zero-order valence-corrected chi connectivity index (χ0v) is 14.4. The van der Waals surface area contributed by atoms with E-state index < -0.39 is 35.2 Å². The number of amides is 1. The van der Waals surface area contributed by atoms with Gasteiger partial charge in [0.2, 0.25) is 0 Å². The van der Waals surface area contributed by atoms with E-state index >= 15 is 0 Å². The molecular formula is C17H17ClF3NO4. The second kappa shape index (κ2) is 9.05. The van der Waals surface area contributed by atoms with Crippen molar-refractivity contribution in [3.05, 3.63) is 40.4 Å². The fourth-order valence-corrected chi connectivity index (χ4v) is 2.52. The van der Waals surface area contributed by atoms with Crippen LogP contribution in [0.5, 0.6) is 0 Å². The van der Waals surface area contributed by atoms with Crippen molar-refractivity contribution >= 4 is 29.6 Å². The van der Waals surface area contributed by atoms with E-state index in [9.17, 15) is 22.8 Å². The number of hydrogen-bond donors (Lipinski definition) is 1. The molecule has 1 saturated heterocycles. The zero-order valence-electron chi connectivity index (χ0n) is 13.6. The number of ether oxygens (including phenoxy) is 2. The summed E-state index contributed by atoms with van der Waals surface area (Å²) in [5.41, 5.74) is -0.871. The number of rotatable bonds is 6. The highest BCUT2D eigenvalue weighted by molar-refractivity contribution is 6.31. The molecule has 2 rings (SSSR count). The lowest BCUT2D eigenvalue weighted by Crippen LogP contribution is -2.34. The lowest BCUT2D eigenvalue weighted by Gasteiger charge is -2.10. The minimum atomic E-state index is -4.59. The van der Waals surface area contributed by atoms with E-state index in [4.69, 9.17) is 21.1 Å². The Balaban J connectivity index is 1.80. The summed E-state index contributed by atoms with van der Waals surface area (Å²) in [5.74, 6) is -1.33. The van der Waals surface area contributed by atoms with Crippen LogP contribution in [0.25, 0.3) is 6.08 Å². The van der Waals surface area contributed by atoms with E-state index in [0.717, 1.165) is 37.1 Å². The Bertz CT molecular complexity index is 685. The second-order valence-corrected chi connectivity index (χ2v) is 6.02. The largest absolute Gasteiger partial charge is 0.452 e. The zero-order chi connectivity index (χ0) is 19.2. The quantitative estimate of drug-likeness (QED) is 0.597. The Morgan fingerprint density at radius 1 is 1.38 bits per heavy atom. The standard InChI is InChI=1S/C17H17ClF3NO4/c18-14-5-3-11(8-13(14)17(19,20)21)4-6-16(24)26-10-15(23)22-9-12-2-1-7-25-12/h3-6,8,12H,1-2,7,9-10H2,(H,22,23)/b6-4+/t12-/m1/s1. The molecule has 1 N–H and O–H groups in total. The molecule has 0 radical (unpaired) electrons. The molecule has 142 valence electrons. The average Bonchev–Trinajstić information content (AvgIpc) is 3.10. The Morgan fingerprint density at radius 3 is 2.81 bits per heavy atom. The molecule has 0 aromatic heterocycles. The molecule has 5 nitrogen and oxygen atoms in total. The van der Waals surface area contributed by atoms with Crippen molar-refractivity contribution in [3.63, 3.8) is 0 Å². The van der Waals surface area contributed by atoms with Crippen LogP contribution in [-0.2, 0) is 25.2 Å². The average molecular weight is 392 g/mol. The van der Waals surface area contributed by atoms with Gasteiger partial charge in [-0.15, -0.1) is 0 Å². The molecule has 1 amide bonds. The SMILES string of the molecule is O=C(COC(=O)/C=C/c1ccc(Cl)c(C(F)(F)F)c1)NC[C@H]1CCCO1. The van der Waals surface area contributed by atoms with Crippen LogP contribution in [0.1, 0.15) is 24.0 Å². The van der Waals surface area contributed by atoms with Crippen LogP contribution in [0.15, 0.2) is 24.3 Å². The van der Waals surface area contributed by atoms with Crippen molar-refractivity contribution in [2.24, 2.45) is 0 Å². The molecule has 0 saturated carbocycles. The maximum atomic E-state index is 12.8. The molecule has 9 heteroatoms.